The number of terminal acetylenes is 1. The molecule has 8 aliphatic rings. The van der Waals surface area contributed by atoms with Gasteiger partial charge in [0.1, 0.15) is 6.10 Å². The van der Waals surface area contributed by atoms with Crippen LogP contribution in [-0.2, 0) is 23.9 Å². The zero-order chi connectivity index (χ0) is 36.6. The van der Waals surface area contributed by atoms with Crippen LogP contribution in [0.5, 0.6) is 0 Å². The third kappa shape index (κ3) is 5.48. The molecule has 8 rings (SSSR count). The van der Waals surface area contributed by atoms with Crippen LogP contribution in [0.3, 0.4) is 0 Å². The molecule has 0 saturated heterocycles. The Morgan fingerprint density at radius 1 is 0.885 bits per heavy atom. The topological polar surface area (TPSA) is 69.7 Å². The van der Waals surface area contributed by atoms with Gasteiger partial charge in [-0.2, -0.15) is 0 Å². The summed E-state index contributed by atoms with van der Waals surface area (Å²) in [5.41, 5.74) is 3.55. The van der Waals surface area contributed by atoms with Crippen LogP contribution >= 0.6 is 0 Å². The van der Waals surface area contributed by atoms with Gasteiger partial charge in [0.15, 0.2) is 11.4 Å². The van der Waals surface area contributed by atoms with Crippen LogP contribution in [0.25, 0.3) is 0 Å². The van der Waals surface area contributed by atoms with Gasteiger partial charge in [-0.05, 0) is 162 Å². The molecule has 0 aromatic carbocycles. The van der Waals surface area contributed by atoms with E-state index < -0.39 is 5.60 Å². The Bertz CT molecular complexity index is 1610. The maximum atomic E-state index is 13.6. The van der Waals surface area contributed by atoms with Crippen molar-refractivity contribution in [3.05, 3.63) is 35.5 Å². The number of fused-ring (bicyclic) bond motifs is 10. The summed E-state index contributed by atoms with van der Waals surface area (Å²) in [4.78, 5) is 39.1. The summed E-state index contributed by atoms with van der Waals surface area (Å²) in [6, 6.07) is 0. The zero-order valence-electron chi connectivity index (χ0n) is 32.6. The molecule has 6 fully saturated rings. The highest BCUT2D eigenvalue weighted by molar-refractivity contribution is 5.91. The maximum Gasteiger partial charge on any atom is 0.307 e. The second-order valence-corrected chi connectivity index (χ2v) is 19.5. The summed E-state index contributed by atoms with van der Waals surface area (Å²) in [5.74, 6) is 7.70. The van der Waals surface area contributed by atoms with E-state index in [-0.39, 0.29) is 47.1 Å². The fraction of sp³-hybridized carbons (Fsp3) is 0.766. The lowest BCUT2D eigenvalue weighted by Crippen LogP contribution is -2.55. The van der Waals surface area contributed by atoms with Gasteiger partial charge in [0.25, 0.3) is 0 Å². The van der Waals surface area contributed by atoms with Crippen molar-refractivity contribution in [2.45, 2.75) is 161 Å². The number of esters is 2. The van der Waals surface area contributed by atoms with Gasteiger partial charge in [-0.3, -0.25) is 14.4 Å². The fourth-order valence-corrected chi connectivity index (χ4v) is 15.1. The monoisotopic (exact) mass is 708 g/mol. The predicted molar refractivity (Wildman–Crippen MR) is 203 cm³/mol. The van der Waals surface area contributed by atoms with E-state index in [0.29, 0.717) is 66.0 Å². The van der Waals surface area contributed by atoms with Gasteiger partial charge in [0.2, 0.25) is 0 Å². The first-order chi connectivity index (χ1) is 24.9. The van der Waals surface area contributed by atoms with Crippen molar-refractivity contribution in [2.24, 2.45) is 63.6 Å². The average Bonchev–Trinajstić information content (AvgIpc) is 3.63. The van der Waals surface area contributed by atoms with Crippen molar-refractivity contribution in [3.63, 3.8) is 0 Å². The number of ether oxygens (including phenoxy) is 2. The van der Waals surface area contributed by atoms with Gasteiger partial charge in [0, 0.05) is 30.1 Å². The van der Waals surface area contributed by atoms with Gasteiger partial charge < -0.3 is 9.47 Å². The molecule has 0 aromatic heterocycles. The molecule has 0 aliphatic heterocycles. The summed E-state index contributed by atoms with van der Waals surface area (Å²) in [6.07, 6.45) is 28.0. The number of rotatable bonds is 7. The lowest BCUT2D eigenvalue weighted by Gasteiger charge is -2.60. The molecular weight excluding hydrogens is 645 g/mol. The molecule has 8 aliphatic carbocycles. The molecule has 7 unspecified atom stereocenters. The molecule has 282 valence electrons. The van der Waals surface area contributed by atoms with E-state index in [2.05, 4.69) is 46.3 Å². The zero-order valence-corrected chi connectivity index (χ0v) is 32.6. The Labute approximate surface area is 313 Å². The van der Waals surface area contributed by atoms with Crippen molar-refractivity contribution in [1.29, 1.82) is 0 Å². The van der Waals surface area contributed by atoms with E-state index in [1.165, 1.54) is 30.4 Å². The average molecular weight is 709 g/mol. The lowest BCUT2D eigenvalue weighted by molar-refractivity contribution is -0.173. The second-order valence-electron chi connectivity index (χ2n) is 19.5. The van der Waals surface area contributed by atoms with Crippen molar-refractivity contribution in [1.82, 2.24) is 0 Å². The highest BCUT2D eigenvalue weighted by Crippen LogP contribution is 2.69. The minimum Gasteiger partial charge on any atom is -0.462 e. The van der Waals surface area contributed by atoms with Crippen molar-refractivity contribution >= 4 is 17.7 Å². The molecule has 0 heterocycles. The minimum atomic E-state index is -0.880. The molecule has 13 atom stereocenters. The summed E-state index contributed by atoms with van der Waals surface area (Å²) < 4.78 is 12.8. The molecule has 0 spiro atoms. The number of allylic oxidation sites excluding steroid dienone is 4. The summed E-state index contributed by atoms with van der Waals surface area (Å²) >= 11 is 0. The number of carbonyl (C=O) groups is 3. The van der Waals surface area contributed by atoms with E-state index in [0.717, 1.165) is 77.0 Å². The van der Waals surface area contributed by atoms with E-state index in [4.69, 9.17) is 15.9 Å². The van der Waals surface area contributed by atoms with Crippen LogP contribution in [-0.4, -0.2) is 29.4 Å². The van der Waals surface area contributed by atoms with Gasteiger partial charge in [-0.15, -0.1) is 6.42 Å². The molecule has 0 N–H and O–H groups in total. The molecule has 0 radical (unpaired) electrons. The Kier molecular flexibility index (Phi) is 9.30. The van der Waals surface area contributed by atoms with E-state index in [9.17, 15) is 14.4 Å². The molecule has 52 heavy (non-hydrogen) atoms. The SMILES string of the molecule is C#C[C@]1(OC(=O)CCCC(=O)O[C@H]2CCC3C4C(CC[C@@]32C)[C@@]2(C)CCC(=C)C=C2C[C@H]4C)CCC2C3CCC4=CC(=O)CCC4C3CC[C@@]21CC. The van der Waals surface area contributed by atoms with E-state index in [1.807, 2.05) is 6.08 Å². The molecule has 0 bridgehead atoms. The third-order valence-electron chi connectivity index (χ3n) is 17.6. The maximum absolute atomic E-state index is 13.6. The first-order valence-electron chi connectivity index (χ1n) is 21.4. The summed E-state index contributed by atoms with van der Waals surface area (Å²) in [6.45, 7) is 13.9. The lowest BCUT2D eigenvalue weighted by atomic mass is 9.45. The molecule has 6 saturated carbocycles. The summed E-state index contributed by atoms with van der Waals surface area (Å²) in [5, 5.41) is 0. The smallest absolute Gasteiger partial charge is 0.307 e. The van der Waals surface area contributed by atoms with E-state index >= 15 is 0 Å². The summed E-state index contributed by atoms with van der Waals surface area (Å²) in [7, 11) is 0. The number of hydrogen-bond donors (Lipinski definition) is 0. The van der Waals surface area contributed by atoms with E-state index in [1.54, 1.807) is 5.57 Å². The molecule has 0 aromatic rings. The van der Waals surface area contributed by atoms with Crippen molar-refractivity contribution in [3.8, 4) is 12.3 Å². The van der Waals surface area contributed by atoms with Gasteiger partial charge >= 0.3 is 11.9 Å². The van der Waals surface area contributed by atoms with Crippen LogP contribution in [0.2, 0.25) is 0 Å². The second kappa shape index (κ2) is 13.3. The quantitative estimate of drug-likeness (QED) is 0.195. The Balaban J connectivity index is 0.864. The fourth-order valence-electron chi connectivity index (χ4n) is 15.1. The Morgan fingerprint density at radius 3 is 2.46 bits per heavy atom. The van der Waals surface area contributed by atoms with Crippen LogP contribution in [0.4, 0.5) is 0 Å². The van der Waals surface area contributed by atoms with Gasteiger partial charge in [0.05, 0.1) is 0 Å². The standard InChI is InChI=1S/C47H64O5/c1-7-46-24-19-35-34-15-13-33(48)28-31(34)12-14-36(35)37(46)21-25-47(46,8-2)52-42(50)11-9-10-41(49)51-40-17-16-38-43-30(4)27-32-26-29(3)18-22-44(32,5)39(43)20-23-45(38,40)6/h2,26,28,30,34-40,43H,3,7,9-25,27H2,1,4-6H3/t30-,34?,35?,36?,37?,38?,39?,40+,43?,44+,45+,46+,47+/m1/s1. The molecular formula is C47H64O5. The molecule has 5 nitrogen and oxygen atoms in total. The first-order valence-corrected chi connectivity index (χ1v) is 21.4. The number of hydrogen-bond acceptors (Lipinski definition) is 5. The Morgan fingerprint density at radius 2 is 1.67 bits per heavy atom. The molecule has 0 amide bonds. The van der Waals surface area contributed by atoms with Crippen LogP contribution in [0, 0.1) is 75.9 Å². The largest absolute Gasteiger partial charge is 0.462 e. The normalized spacial score (nSPS) is 46.2. The van der Waals surface area contributed by atoms with Gasteiger partial charge in [-0.25, -0.2) is 0 Å². The molecule has 5 heteroatoms. The highest BCUT2D eigenvalue weighted by Gasteiger charge is 2.66. The Hall–Kier alpha value is -2.61. The van der Waals surface area contributed by atoms with Crippen LogP contribution in [0.15, 0.2) is 35.5 Å². The van der Waals surface area contributed by atoms with Crippen LogP contribution in [0.1, 0.15) is 150 Å². The van der Waals surface area contributed by atoms with Crippen molar-refractivity contribution in [2.75, 3.05) is 0 Å². The van der Waals surface area contributed by atoms with Crippen LogP contribution < -0.4 is 0 Å². The van der Waals surface area contributed by atoms with Gasteiger partial charge in [-0.1, -0.05) is 63.0 Å². The number of ketones is 1. The number of carbonyl (C=O) groups excluding carboxylic acids is 3. The minimum absolute atomic E-state index is 0.0239. The first kappa shape index (κ1) is 36.4. The highest BCUT2D eigenvalue weighted by atomic mass is 16.6. The predicted octanol–water partition coefficient (Wildman–Crippen LogP) is 10.3. The third-order valence-corrected chi connectivity index (χ3v) is 17.6. The van der Waals surface area contributed by atoms with Crippen molar-refractivity contribution < 1.29 is 23.9 Å².